The Bertz CT molecular complexity index is 460. The molecule has 1 saturated carbocycles. The van der Waals surface area contributed by atoms with Crippen LogP contribution in [0.2, 0.25) is 0 Å². The average molecular weight is 288 g/mol. The highest BCUT2D eigenvalue weighted by Crippen LogP contribution is 2.43. The monoisotopic (exact) mass is 288 g/mol. The molecule has 1 N–H and O–H groups in total. The molecule has 112 valence electrons. The van der Waals surface area contributed by atoms with Crippen LogP contribution >= 0.6 is 0 Å². The summed E-state index contributed by atoms with van der Waals surface area (Å²) in [5, 5.41) is 10.8. The third-order valence-electron chi connectivity index (χ3n) is 3.78. The summed E-state index contributed by atoms with van der Waals surface area (Å²) in [6, 6.07) is 5.68. The van der Waals surface area contributed by atoms with Gasteiger partial charge in [0.15, 0.2) is 0 Å². The minimum absolute atomic E-state index is 0.283. The molecule has 1 aliphatic carbocycles. The third-order valence-corrected chi connectivity index (χ3v) is 3.78. The van der Waals surface area contributed by atoms with Crippen molar-refractivity contribution in [1.29, 1.82) is 0 Å². The van der Waals surface area contributed by atoms with Crippen LogP contribution in [0.25, 0.3) is 0 Å². The largest absolute Gasteiger partial charge is 0.573 e. The lowest BCUT2D eigenvalue weighted by molar-refractivity contribution is -0.274. The Morgan fingerprint density at radius 1 is 1.20 bits per heavy atom. The molecular formula is C15H19F3O2. The van der Waals surface area contributed by atoms with E-state index in [9.17, 15) is 18.3 Å². The zero-order valence-electron chi connectivity index (χ0n) is 11.6. The van der Waals surface area contributed by atoms with Gasteiger partial charge in [0, 0.05) is 0 Å². The van der Waals surface area contributed by atoms with Crippen molar-refractivity contribution in [2.45, 2.75) is 45.1 Å². The van der Waals surface area contributed by atoms with Crippen LogP contribution in [0.1, 0.15) is 38.7 Å². The summed E-state index contributed by atoms with van der Waals surface area (Å²) in [5.41, 5.74) is -0.570. The zero-order chi connectivity index (χ0) is 15.0. The molecule has 0 aliphatic heterocycles. The highest BCUT2D eigenvalue weighted by atomic mass is 19.4. The van der Waals surface area contributed by atoms with E-state index < -0.39 is 12.0 Å². The van der Waals surface area contributed by atoms with Gasteiger partial charge >= 0.3 is 6.36 Å². The summed E-state index contributed by atoms with van der Waals surface area (Å²) < 4.78 is 40.7. The first-order chi connectivity index (χ1) is 9.18. The highest BCUT2D eigenvalue weighted by molar-refractivity contribution is 5.33. The first-order valence-electron chi connectivity index (χ1n) is 6.76. The van der Waals surface area contributed by atoms with Crippen molar-refractivity contribution in [2.24, 2.45) is 11.8 Å². The Balaban J connectivity index is 2.25. The van der Waals surface area contributed by atoms with Gasteiger partial charge in [0.2, 0.25) is 0 Å². The first kappa shape index (κ1) is 15.2. The first-order valence-corrected chi connectivity index (χ1v) is 6.76. The van der Waals surface area contributed by atoms with E-state index in [-0.39, 0.29) is 5.75 Å². The molecule has 20 heavy (non-hydrogen) atoms. The minimum Gasteiger partial charge on any atom is -0.406 e. The number of hydrogen-bond acceptors (Lipinski definition) is 2. The van der Waals surface area contributed by atoms with Crippen LogP contribution in [0.5, 0.6) is 5.75 Å². The molecule has 0 amide bonds. The molecule has 2 rings (SSSR count). The lowest BCUT2D eigenvalue weighted by Crippen LogP contribution is -2.35. The molecule has 2 unspecified atom stereocenters. The maximum Gasteiger partial charge on any atom is 0.573 e. The summed E-state index contributed by atoms with van der Waals surface area (Å²) in [4.78, 5) is 0. The van der Waals surface area contributed by atoms with Crippen molar-refractivity contribution < 1.29 is 23.0 Å². The SMILES string of the molecule is CC1CC(C)CC(O)(c2cccc(OC(F)(F)F)c2)C1. The van der Waals surface area contributed by atoms with Crippen LogP contribution in [-0.4, -0.2) is 11.5 Å². The van der Waals surface area contributed by atoms with Crippen molar-refractivity contribution in [3.05, 3.63) is 29.8 Å². The fraction of sp³-hybridized carbons (Fsp3) is 0.600. The summed E-state index contributed by atoms with van der Waals surface area (Å²) in [5.74, 6) is 0.404. The highest BCUT2D eigenvalue weighted by Gasteiger charge is 2.38. The lowest BCUT2D eigenvalue weighted by atomic mass is 9.71. The maximum atomic E-state index is 12.3. The van der Waals surface area contributed by atoms with Crippen molar-refractivity contribution in [3.63, 3.8) is 0 Å². The molecule has 0 radical (unpaired) electrons. The van der Waals surface area contributed by atoms with E-state index >= 15 is 0 Å². The second-order valence-corrected chi connectivity index (χ2v) is 5.96. The summed E-state index contributed by atoms with van der Waals surface area (Å²) in [6.45, 7) is 4.10. The minimum atomic E-state index is -4.71. The molecule has 5 heteroatoms. The summed E-state index contributed by atoms with van der Waals surface area (Å²) in [7, 11) is 0. The second kappa shape index (κ2) is 5.28. The number of rotatable bonds is 2. The van der Waals surface area contributed by atoms with Crippen molar-refractivity contribution in [3.8, 4) is 5.75 Å². The van der Waals surface area contributed by atoms with Gasteiger partial charge in [-0.3, -0.25) is 0 Å². The quantitative estimate of drug-likeness (QED) is 0.882. The van der Waals surface area contributed by atoms with Crippen LogP contribution in [-0.2, 0) is 5.60 Å². The Labute approximate surface area is 116 Å². The van der Waals surface area contributed by atoms with Crippen molar-refractivity contribution >= 4 is 0 Å². The van der Waals surface area contributed by atoms with Gasteiger partial charge in [-0.15, -0.1) is 13.2 Å². The lowest BCUT2D eigenvalue weighted by Gasteiger charge is -2.39. The number of ether oxygens (including phenoxy) is 1. The van der Waals surface area contributed by atoms with Crippen LogP contribution in [0.4, 0.5) is 13.2 Å². The number of benzene rings is 1. The summed E-state index contributed by atoms with van der Waals surface area (Å²) >= 11 is 0. The standard InChI is InChI=1S/C15H19F3O2/c1-10-6-11(2)9-14(19,8-10)12-4-3-5-13(7-12)20-15(16,17)18/h3-5,7,10-11,19H,6,8-9H2,1-2H3. The Morgan fingerprint density at radius 2 is 1.80 bits per heavy atom. The molecule has 0 spiro atoms. The summed E-state index contributed by atoms with van der Waals surface area (Å²) in [6.07, 6.45) is -2.56. The molecule has 1 aliphatic rings. The van der Waals surface area contributed by atoms with Gasteiger partial charge < -0.3 is 9.84 Å². The predicted molar refractivity (Wildman–Crippen MR) is 69.2 cm³/mol. The van der Waals surface area contributed by atoms with E-state index in [2.05, 4.69) is 18.6 Å². The molecule has 0 heterocycles. The average Bonchev–Trinajstić information content (AvgIpc) is 2.25. The van der Waals surface area contributed by atoms with Gasteiger partial charge in [-0.1, -0.05) is 26.0 Å². The van der Waals surface area contributed by atoms with Crippen molar-refractivity contribution in [1.82, 2.24) is 0 Å². The zero-order valence-corrected chi connectivity index (χ0v) is 11.6. The van der Waals surface area contributed by atoms with E-state index in [1.807, 2.05) is 0 Å². The molecule has 2 atom stereocenters. The molecule has 0 bridgehead atoms. The van der Waals surface area contributed by atoms with Gasteiger partial charge in [-0.2, -0.15) is 0 Å². The Kier molecular flexibility index (Phi) is 4.00. The van der Waals surface area contributed by atoms with Gasteiger partial charge in [0.25, 0.3) is 0 Å². The molecule has 0 saturated heterocycles. The molecule has 2 nitrogen and oxygen atoms in total. The Morgan fingerprint density at radius 3 is 2.35 bits per heavy atom. The normalized spacial score (nSPS) is 31.1. The van der Waals surface area contributed by atoms with E-state index in [1.54, 1.807) is 6.07 Å². The number of aliphatic hydroxyl groups is 1. The van der Waals surface area contributed by atoms with Gasteiger partial charge in [0.05, 0.1) is 5.60 Å². The van der Waals surface area contributed by atoms with E-state index in [1.165, 1.54) is 18.2 Å². The van der Waals surface area contributed by atoms with Gasteiger partial charge in [-0.25, -0.2) is 0 Å². The molecule has 1 aromatic rings. The number of alkyl halides is 3. The molecule has 1 fully saturated rings. The number of halogens is 3. The second-order valence-electron chi connectivity index (χ2n) is 5.96. The number of hydrogen-bond donors (Lipinski definition) is 1. The topological polar surface area (TPSA) is 29.5 Å². The molecule has 0 aromatic heterocycles. The predicted octanol–water partition coefficient (Wildman–Crippen LogP) is 4.23. The Hall–Kier alpha value is -1.23. The molecular weight excluding hydrogens is 269 g/mol. The fourth-order valence-electron chi connectivity index (χ4n) is 3.31. The van der Waals surface area contributed by atoms with Crippen molar-refractivity contribution in [2.75, 3.05) is 0 Å². The van der Waals surface area contributed by atoms with Crippen LogP contribution in [0, 0.1) is 11.8 Å². The van der Waals surface area contributed by atoms with Gasteiger partial charge in [0.1, 0.15) is 5.75 Å². The third kappa shape index (κ3) is 3.66. The maximum absolute atomic E-state index is 12.3. The van der Waals surface area contributed by atoms with Crippen LogP contribution in [0.3, 0.4) is 0 Å². The van der Waals surface area contributed by atoms with E-state index in [4.69, 9.17) is 0 Å². The van der Waals surface area contributed by atoms with Gasteiger partial charge in [-0.05, 0) is 48.8 Å². The fourth-order valence-corrected chi connectivity index (χ4v) is 3.31. The smallest absolute Gasteiger partial charge is 0.406 e. The molecule has 1 aromatic carbocycles. The van der Waals surface area contributed by atoms with E-state index in [0.717, 1.165) is 6.42 Å². The van der Waals surface area contributed by atoms with Crippen LogP contribution in [0.15, 0.2) is 24.3 Å². The van der Waals surface area contributed by atoms with Crippen LogP contribution < -0.4 is 4.74 Å². The van der Waals surface area contributed by atoms with E-state index in [0.29, 0.717) is 30.2 Å².